The summed E-state index contributed by atoms with van der Waals surface area (Å²) in [6, 6.07) is 10.7. The number of allylic oxidation sites excluding steroid dienone is 4. The van der Waals surface area contributed by atoms with Crippen molar-refractivity contribution in [1.29, 1.82) is 0 Å². The molecule has 5 rings (SSSR count). The third-order valence-electron chi connectivity index (χ3n) is 6.72. The largest absolute Gasteiger partial charge is 0.399 e. The number of rotatable bonds is 9. The minimum absolute atomic E-state index is 0.0117. The first-order valence-corrected chi connectivity index (χ1v) is 17.8. The van der Waals surface area contributed by atoms with E-state index in [1.165, 1.54) is 42.5 Å². The van der Waals surface area contributed by atoms with E-state index in [1.807, 2.05) is 0 Å². The Kier molecular flexibility index (Phi) is 9.33. The number of Topliss-reactive ketones (excluding diaryl/α,β-unsaturated/α-hetero) is 1. The van der Waals surface area contributed by atoms with Gasteiger partial charge in [0.15, 0.2) is 5.71 Å². The van der Waals surface area contributed by atoms with E-state index in [4.69, 9.17) is 16.0 Å². The summed E-state index contributed by atoms with van der Waals surface area (Å²) in [6.45, 7) is 0. The van der Waals surface area contributed by atoms with Crippen LogP contribution in [0, 0.1) is 0 Å². The topological polar surface area (TPSA) is 323 Å². The van der Waals surface area contributed by atoms with Crippen molar-refractivity contribution in [1.82, 2.24) is 0 Å². The molecule has 19 nitrogen and oxygen atoms in total. The average Bonchev–Trinajstić information content (AvgIpc) is 3.02. The van der Waals surface area contributed by atoms with Gasteiger partial charge in [-0.2, -0.15) is 40.6 Å². The summed E-state index contributed by atoms with van der Waals surface area (Å²) in [4.78, 5) is 23.1. The molecule has 50 heavy (non-hydrogen) atoms. The predicted octanol–water partition coefficient (Wildman–Crippen LogP) is 2.82. The van der Waals surface area contributed by atoms with Crippen LogP contribution in [-0.4, -0.2) is 61.9 Å². The molecule has 0 bridgehead atoms. The standard InChI is InChI=1S/C28H22N8O11S3/c29-15-1-10-20(21(37)13-15)34-31-16-2-4-17(5-3-16)32-35-26-22(49(42,43)44)11-14-12-23(50(45,46)47)27(28(38)24(14)25(26)30)36-33-18-6-8-19(9-7-18)48(39,40)41/h1-13,31,33H,29-30H2,(H,39,40,41)(H,42,43,44)(H,45,46,47)/b34-20+,35-32?,36-27+. The summed E-state index contributed by atoms with van der Waals surface area (Å²) < 4.78 is 101. The molecule has 0 amide bonds. The molecule has 258 valence electrons. The first-order chi connectivity index (χ1) is 23.3. The highest BCUT2D eigenvalue weighted by Gasteiger charge is 2.37. The van der Waals surface area contributed by atoms with Crippen molar-refractivity contribution in [2.75, 3.05) is 16.6 Å². The Bertz CT molecular complexity index is 2490. The fourth-order valence-corrected chi connectivity index (χ4v) is 6.19. The first kappa shape index (κ1) is 35.4. The van der Waals surface area contributed by atoms with Crippen molar-refractivity contribution >= 4 is 87.9 Å². The molecule has 3 aromatic carbocycles. The lowest BCUT2D eigenvalue weighted by atomic mass is 9.92. The molecule has 0 unspecified atom stereocenters. The number of hydrogen-bond acceptors (Lipinski definition) is 16. The van der Waals surface area contributed by atoms with Crippen LogP contribution >= 0.6 is 0 Å². The highest BCUT2D eigenvalue weighted by molar-refractivity contribution is 7.91. The number of nitrogen functional groups attached to an aromatic ring is 1. The monoisotopic (exact) mass is 742 g/mol. The van der Waals surface area contributed by atoms with E-state index in [-0.39, 0.29) is 22.8 Å². The van der Waals surface area contributed by atoms with E-state index < -0.39 is 84.8 Å². The number of nitrogens with two attached hydrogens (primary N) is 2. The number of hydrogen-bond donors (Lipinski definition) is 7. The number of azo groups is 1. The molecule has 0 heterocycles. The molecule has 0 radical (unpaired) electrons. The fourth-order valence-electron chi connectivity index (χ4n) is 4.38. The molecule has 0 atom stereocenters. The highest BCUT2D eigenvalue weighted by Crippen LogP contribution is 2.41. The van der Waals surface area contributed by atoms with Gasteiger partial charge in [0.1, 0.15) is 21.2 Å². The van der Waals surface area contributed by atoms with Gasteiger partial charge in [0, 0.05) is 11.8 Å². The Hall–Kier alpha value is -5.91. The zero-order valence-electron chi connectivity index (χ0n) is 24.8. The lowest BCUT2D eigenvalue weighted by Crippen LogP contribution is -2.28. The number of carbonyl (C=O) groups excluding carboxylic acids is 2. The summed E-state index contributed by atoms with van der Waals surface area (Å²) in [6.07, 6.45) is 4.82. The molecule has 2 aliphatic carbocycles. The van der Waals surface area contributed by atoms with Crippen LogP contribution in [0.4, 0.5) is 28.4 Å². The number of fused-ring (bicyclic) bond motifs is 1. The van der Waals surface area contributed by atoms with Crippen LogP contribution in [0.1, 0.15) is 15.9 Å². The van der Waals surface area contributed by atoms with Gasteiger partial charge < -0.3 is 11.5 Å². The van der Waals surface area contributed by atoms with Gasteiger partial charge >= 0.3 is 0 Å². The van der Waals surface area contributed by atoms with Gasteiger partial charge in [-0.1, -0.05) is 0 Å². The molecule has 2 aliphatic rings. The fraction of sp³-hybridized carbons (Fsp3) is 0. The van der Waals surface area contributed by atoms with Crippen LogP contribution in [0.25, 0.3) is 6.08 Å². The number of nitrogens with one attached hydrogen (secondary N) is 2. The van der Waals surface area contributed by atoms with Crippen LogP contribution in [0.3, 0.4) is 0 Å². The predicted molar refractivity (Wildman–Crippen MR) is 180 cm³/mol. The Balaban J connectivity index is 1.50. The second-order valence-electron chi connectivity index (χ2n) is 10.2. The molecular weight excluding hydrogens is 721 g/mol. The first-order valence-electron chi connectivity index (χ1n) is 13.5. The molecule has 0 saturated carbocycles. The van der Waals surface area contributed by atoms with Crippen LogP contribution < -0.4 is 22.3 Å². The van der Waals surface area contributed by atoms with Gasteiger partial charge in [-0.3, -0.25) is 34.1 Å². The van der Waals surface area contributed by atoms with Crippen LogP contribution in [0.2, 0.25) is 0 Å². The molecule has 0 aliphatic heterocycles. The summed E-state index contributed by atoms with van der Waals surface area (Å²) in [5.74, 6) is -1.64. The lowest BCUT2D eigenvalue weighted by molar-refractivity contribution is -0.108. The molecule has 0 saturated heterocycles. The third-order valence-corrected chi connectivity index (χ3v) is 9.32. The molecule has 22 heteroatoms. The van der Waals surface area contributed by atoms with E-state index in [9.17, 15) is 43.9 Å². The van der Waals surface area contributed by atoms with E-state index >= 15 is 0 Å². The smallest absolute Gasteiger partial charge is 0.296 e. The number of carbonyl (C=O) groups is 2. The van der Waals surface area contributed by atoms with Crippen LogP contribution in [0.5, 0.6) is 0 Å². The van der Waals surface area contributed by atoms with Crippen molar-refractivity contribution < 1.29 is 48.5 Å². The number of ketones is 2. The van der Waals surface area contributed by atoms with Gasteiger partial charge in [0.05, 0.1) is 33.2 Å². The zero-order valence-corrected chi connectivity index (χ0v) is 27.2. The normalized spacial score (nSPS) is 16.8. The van der Waals surface area contributed by atoms with Crippen molar-refractivity contribution in [2.45, 2.75) is 9.79 Å². The van der Waals surface area contributed by atoms with E-state index in [0.29, 0.717) is 17.8 Å². The van der Waals surface area contributed by atoms with Crippen molar-refractivity contribution in [2.24, 2.45) is 26.2 Å². The van der Waals surface area contributed by atoms with Gasteiger partial charge in [0.25, 0.3) is 30.4 Å². The van der Waals surface area contributed by atoms with Gasteiger partial charge in [-0.05, 0) is 78.4 Å². The Morgan fingerprint density at radius 2 is 1.28 bits per heavy atom. The number of nitrogens with zero attached hydrogens (tertiary/aromatic N) is 4. The number of benzene rings is 3. The minimum atomic E-state index is -5.20. The summed E-state index contributed by atoms with van der Waals surface area (Å²) in [5, 5.41) is 15.5. The molecular formula is C28H22N8O11S3. The molecule has 0 fully saturated rings. The second kappa shape index (κ2) is 13.2. The van der Waals surface area contributed by atoms with E-state index in [0.717, 1.165) is 24.3 Å². The van der Waals surface area contributed by atoms with E-state index in [1.54, 1.807) is 0 Å². The van der Waals surface area contributed by atoms with Crippen LogP contribution in [-0.2, 0) is 35.1 Å². The Morgan fingerprint density at radius 3 is 1.84 bits per heavy atom. The average molecular weight is 743 g/mol. The second-order valence-corrected chi connectivity index (χ2v) is 14.4. The summed E-state index contributed by atoms with van der Waals surface area (Å²) >= 11 is 0. The quantitative estimate of drug-likeness (QED) is 0.0545. The lowest BCUT2D eigenvalue weighted by Gasteiger charge is -2.20. The van der Waals surface area contributed by atoms with Crippen LogP contribution in [0.15, 0.2) is 114 Å². The van der Waals surface area contributed by atoms with Gasteiger partial charge in [0.2, 0.25) is 11.6 Å². The molecule has 3 aromatic rings. The number of anilines is 3. The van der Waals surface area contributed by atoms with Crippen molar-refractivity contribution in [3.8, 4) is 0 Å². The highest BCUT2D eigenvalue weighted by atomic mass is 32.2. The SMILES string of the molecule is NC1=CC(=O)/C(=N/Nc2ccc(N=Nc3c(S(=O)(=O)O)cc4c(c3N)C(=O)/C(=N/Nc3ccc(S(=O)(=O)O)cc3)C(S(=O)(=O)O)=C4)cc2)C=C1. The third kappa shape index (κ3) is 7.70. The minimum Gasteiger partial charge on any atom is -0.399 e. The maximum Gasteiger partial charge on any atom is 0.296 e. The van der Waals surface area contributed by atoms with Gasteiger partial charge in [-0.25, -0.2) is 0 Å². The van der Waals surface area contributed by atoms with Crippen molar-refractivity contribution in [3.05, 3.63) is 94.6 Å². The summed E-state index contributed by atoms with van der Waals surface area (Å²) in [5.41, 5.74) is 14.4. The van der Waals surface area contributed by atoms with Gasteiger partial charge in [-0.15, -0.1) is 5.11 Å². The maximum absolute atomic E-state index is 13.6. The maximum atomic E-state index is 13.6. The Morgan fingerprint density at radius 1 is 0.680 bits per heavy atom. The van der Waals surface area contributed by atoms with Crippen molar-refractivity contribution in [3.63, 3.8) is 0 Å². The Labute approximate surface area is 282 Å². The summed E-state index contributed by atoms with van der Waals surface area (Å²) in [7, 11) is -14.9. The van der Waals surface area contributed by atoms with E-state index in [2.05, 4.69) is 31.3 Å². The number of hydrazone groups is 2. The molecule has 0 aromatic heterocycles. The molecule has 0 spiro atoms. The molecule has 9 N–H and O–H groups in total. The zero-order chi connectivity index (χ0) is 36.6.